The minimum Gasteiger partial charge on any atom is -0.480 e. The number of hydrogen-bond acceptors (Lipinski definition) is 6. The van der Waals surface area contributed by atoms with E-state index < -0.39 is 23.7 Å². The number of carbonyl (C=O) groups excluding carboxylic acids is 1. The van der Waals surface area contributed by atoms with Crippen LogP contribution in [0.15, 0.2) is 6.20 Å². The van der Waals surface area contributed by atoms with Crippen LogP contribution in [0.1, 0.15) is 40.7 Å². The van der Waals surface area contributed by atoms with Gasteiger partial charge >= 0.3 is 12.1 Å². The van der Waals surface area contributed by atoms with Crippen LogP contribution >= 0.6 is 0 Å². The molecule has 130 valence electrons. The van der Waals surface area contributed by atoms with Gasteiger partial charge in [0, 0.05) is 0 Å². The third kappa shape index (κ3) is 5.68. The highest BCUT2D eigenvalue weighted by Gasteiger charge is 2.25. The lowest BCUT2D eigenvalue weighted by molar-refractivity contribution is -0.140. The molecule has 1 heterocycles. The van der Waals surface area contributed by atoms with Crippen molar-refractivity contribution in [2.75, 3.05) is 12.3 Å². The van der Waals surface area contributed by atoms with Crippen molar-refractivity contribution in [2.45, 2.75) is 52.3 Å². The van der Waals surface area contributed by atoms with E-state index in [2.05, 4.69) is 10.4 Å². The summed E-state index contributed by atoms with van der Waals surface area (Å²) in [6, 6.07) is -1.29. The number of nitrogen functional groups attached to an aromatic ring is 1. The van der Waals surface area contributed by atoms with Crippen LogP contribution in [-0.4, -0.2) is 45.2 Å². The molecule has 1 aromatic heterocycles. The fourth-order valence-electron chi connectivity index (χ4n) is 1.67. The monoisotopic (exact) mass is 328 g/mol. The number of ether oxygens (including phenoxy) is 2. The zero-order chi connectivity index (χ0) is 17.8. The number of rotatable bonds is 6. The van der Waals surface area contributed by atoms with Gasteiger partial charge in [0.1, 0.15) is 17.9 Å². The molecule has 0 aliphatic carbocycles. The third-order valence-corrected chi connectivity index (χ3v) is 2.64. The molecule has 1 rings (SSSR count). The molecule has 0 bridgehead atoms. The maximum Gasteiger partial charge on any atom is 0.408 e. The van der Waals surface area contributed by atoms with Crippen molar-refractivity contribution in [1.29, 1.82) is 0 Å². The Hall–Kier alpha value is -2.45. The number of anilines is 1. The predicted octanol–water partition coefficient (Wildman–Crippen LogP) is 1.40. The maximum atomic E-state index is 11.7. The van der Waals surface area contributed by atoms with E-state index in [-0.39, 0.29) is 18.5 Å². The SMILES string of the molecule is CC(C)n1ncc(N)c1OCC(NC(=O)OC(C)(C)C)C(=O)O. The second-order valence-corrected chi connectivity index (χ2v) is 6.29. The smallest absolute Gasteiger partial charge is 0.408 e. The van der Waals surface area contributed by atoms with E-state index >= 15 is 0 Å². The van der Waals surface area contributed by atoms with Crippen molar-refractivity contribution >= 4 is 17.7 Å². The molecule has 0 fully saturated rings. The van der Waals surface area contributed by atoms with E-state index in [1.165, 1.54) is 10.9 Å². The summed E-state index contributed by atoms with van der Waals surface area (Å²) < 4.78 is 12.0. The minimum absolute atomic E-state index is 0.00982. The first-order chi connectivity index (χ1) is 10.5. The topological polar surface area (TPSA) is 129 Å². The van der Waals surface area contributed by atoms with Gasteiger partial charge in [-0.05, 0) is 34.6 Å². The number of carboxylic acid groups (broad SMARTS) is 1. The highest BCUT2D eigenvalue weighted by Crippen LogP contribution is 2.24. The Labute approximate surface area is 134 Å². The molecule has 9 heteroatoms. The Balaban J connectivity index is 2.73. The normalized spacial score (nSPS) is 12.8. The number of aliphatic carboxylic acids is 1. The first-order valence-electron chi connectivity index (χ1n) is 7.19. The van der Waals surface area contributed by atoms with Crippen LogP contribution < -0.4 is 15.8 Å². The molecule has 0 radical (unpaired) electrons. The van der Waals surface area contributed by atoms with Gasteiger partial charge in [-0.3, -0.25) is 0 Å². The van der Waals surface area contributed by atoms with Crippen LogP contribution in [0.3, 0.4) is 0 Å². The van der Waals surface area contributed by atoms with Crippen LogP contribution in [0.25, 0.3) is 0 Å². The largest absolute Gasteiger partial charge is 0.480 e. The Morgan fingerprint density at radius 1 is 1.43 bits per heavy atom. The van der Waals surface area contributed by atoms with Gasteiger partial charge in [-0.25, -0.2) is 14.3 Å². The standard InChI is InChI=1S/C14H24N4O5/c1-8(2)18-11(9(15)6-16-18)22-7-10(12(19)20)17-13(21)23-14(3,4)5/h6,8,10H,7,15H2,1-5H3,(H,17,21)(H,19,20). The molecule has 1 amide bonds. The first kappa shape index (κ1) is 18.6. The summed E-state index contributed by atoms with van der Waals surface area (Å²) >= 11 is 0. The van der Waals surface area contributed by atoms with Gasteiger partial charge in [0.25, 0.3) is 0 Å². The van der Waals surface area contributed by atoms with Crippen LogP contribution in [0.4, 0.5) is 10.5 Å². The molecule has 0 aliphatic heterocycles. The van der Waals surface area contributed by atoms with Crippen molar-refractivity contribution in [3.63, 3.8) is 0 Å². The van der Waals surface area contributed by atoms with Gasteiger partial charge in [-0.1, -0.05) is 0 Å². The van der Waals surface area contributed by atoms with Crippen LogP contribution in [0.5, 0.6) is 5.88 Å². The molecule has 4 N–H and O–H groups in total. The van der Waals surface area contributed by atoms with Gasteiger partial charge in [0.05, 0.1) is 12.2 Å². The van der Waals surface area contributed by atoms with E-state index in [4.69, 9.17) is 15.2 Å². The molecular formula is C14H24N4O5. The number of hydrogen-bond donors (Lipinski definition) is 3. The van der Waals surface area contributed by atoms with Crippen LogP contribution in [0.2, 0.25) is 0 Å². The molecular weight excluding hydrogens is 304 g/mol. The van der Waals surface area contributed by atoms with E-state index in [9.17, 15) is 14.7 Å². The van der Waals surface area contributed by atoms with Crippen molar-refractivity contribution in [3.05, 3.63) is 6.20 Å². The highest BCUT2D eigenvalue weighted by molar-refractivity contribution is 5.80. The van der Waals surface area contributed by atoms with Crippen LogP contribution in [-0.2, 0) is 9.53 Å². The molecule has 23 heavy (non-hydrogen) atoms. The van der Waals surface area contributed by atoms with Crippen molar-refractivity contribution in [2.24, 2.45) is 0 Å². The summed E-state index contributed by atoms with van der Waals surface area (Å²) in [5.74, 6) is -0.984. The summed E-state index contributed by atoms with van der Waals surface area (Å²) in [4.78, 5) is 22.9. The van der Waals surface area contributed by atoms with Crippen LogP contribution in [0, 0.1) is 0 Å². The number of aromatic nitrogens is 2. The average Bonchev–Trinajstić information content (AvgIpc) is 2.73. The lowest BCUT2D eigenvalue weighted by atomic mass is 10.2. The van der Waals surface area contributed by atoms with Crippen molar-refractivity contribution in [1.82, 2.24) is 15.1 Å². The van der Waals surface area contributed by atoms with E-state index in [0.717, 1.165) is 0 Å². The summed E-state index contributed by atoms with van der Waals surface area (Å²) in [5.41, 5.74) is 5.32. The van der Waals surface area contributed by atoms with Gasteiger partial charge in [0.15, 0.2) is 6.04 Å². The molecule has 0 spiro atoms. The molecule has 0 saturated heterocycles. The van der Waals surface area contributed by atoms with Crippen molar-refractivity contribution < 1.29 is 24.2 Å². The third-order valence-electron chi connectivity index (χ3n) is 2.64. The van der Waals surface area contributed by atoms with E-state index in [0.29, 0.717) is 5.69 Å². The summed E-state index contributed by atoms with van der Waals surface area (Å²) in [6.07, 6.45) is 0.589. The summed E-state index contributed by atoms with van der Waals surface area (Å²) in [5, 5.41) is 15.5. The molecule has 0 saturated carbocycles. The Morgan fingerprint density at radius 2 is 2.04 bits per heavy atom. The number of amides is 1. The molecule has 1 atom stereocenters. The lowest BCUT2D eigenvalue weighted by Gasteiger charge is -2.22. The number of nitrogens with two attached hydrogens (primary N) is 1. The first-order valence-corrected chi connectivity index (χ1v) is 7.19. The van der Waals surface area contributed by atoms with Gasteiger partial charge in [-0.15, -0.1) is 0 Å². The summed E-state index contributed by atoms with van der Waals surface area (Å²) in [6.45, 7) is 8.50. The lowest BCUT2D eigenvalue weighted by Crippen LogP contribution is -2.46. The number of carbonyl (C=O) groups is 2. The zero-order valence-corrected chi connectivity index (χ0v) is 14.0. The van der Waals surface area contributed by atoms with E-state index in [1.807, 2.05) is 13.8 Å². The highest BCUT2D eigenvalue weighted by atomic mass is 16.6. The Bertz CT molecular complexity index is 562. The quantitative estimate of drug-likeness (QED) is 0.720. The molecule has 1 unspecified atom stereocenters. The average molecular weight is 328 g/mol. The van der Waals surface area contributed by atoms with E-state index in [1.54, 1.807) is 20.8 Å². The van der Waals surface area contributed by atoms with Gasteiger partial charge < -0.3 is 25.6 Å². The molecule has 0 aliphatic rings. The van der Waals surface area contributed by atoms with Gasteiger partial charge in [-0.2, -0.15) is 5.10 Å². The number of carboxylic acids is 1. The Kier molecular flexibility index (Phi) is 5.83. The second-order valence-electron chi connectivity index (χ2n) is 6.29. The number of alkyl carbamates (subject to hydrolysis) is 1. The zero-order valence-electron chi connectivity index (χ0n) is 14.0. The number of nitrogens with one attached hydrogen (secondary N) is 1. The predicted molar refractivity (Wildman–Crippen MR) is 83.3 cm³/mol. The van der Waals surface area contributed by atoms with Gasteiger partial charge in [0.2, 0.25) is 5.88 Å². The summed E-state index contributed by atoms with van der Waals surface area (Å²) in [7, 11) is 0. The Morgan fingerprint density at radius 3 is 2.52 bits per heavy atom. The molecule has 0 aromatic carbocycles. The fourth-order valence-corrected chi connectivity index (χ4v) is 1.67. The maximum absolute atomic E-state index is 11.7. The van der Waals surface area contributed by atoms with Crippen molar-refractivity contribution in [3.8, 4) is 5.88 Å². The minimum atomic E-state index is -1.28. The molecule has 1 aromatic rings. The molecule has 9 nitrogen and oxygen atoms in total. The second kappa shape index (κ2) is 7.21. The number of nitrogens with zero attached hydrogens (tertiary/aromatic N) is 2. The fraction of sp³-hybridized carbons (Fsp3) is 0.643.